The van der Waals surface area contributed by atoms with E-state index in [2.05, 4.69) is 25.9 Å². The number of nitrogens with zero attached hydrogens (tertiary/aromatic N) is 2. The van der Waals surface area contributed by atoms with Gasteiger partial charge in [-0.25, -0.2) is 9.78 Å². The van der Waals surface area contributed by atoms with Gasteiger partial charge in [0.15, 0.2) is 4.34 Å². The third-order valence-electron chi connectivity index (χ3n) is 1.90. The van der Waals surface area contributed by atoms with Crippen molar-refractivity contribution in [2.24, 2.45) is 0 Å². The minimum atomic E-state index is -0.930. The zero-order chi connectivity index (χ0) is 12.4. The summed E-state index contributed by atoms with van der Waals surface area (Å²) in [6.07, 6.45) is 3.38. The average Bonchev–Trinajstić information content (AvgIpc) is 2.63. The van der Waals surface area contributed by atoms with Crippen molar-refractivity contribution in [1.29, 1.82) is 0 Å². The molecule has 0 aliphatic heterocycles. The second-order valence-electron chi connectivity index (χ2n) is 3.11. The van der Waals surface area contributed by atoms with Crippen LogP contribution in [0, 0.1) is 6.92 Å². The minimum Gasteiger partial charge on any atom is -0.477 e. The summed E-state index contributed by atoms with van der Waals surface area (Å²) in [6.45, 7) is 1.70. The molecule has 1 N–H and O–H groups in total. The molecule has 2 aromatic rings. The topological polar surface area (TPSA) is 63.1 Å². The van der Waals surface area contributed by atoms with Gasteiger partial charge in [-0.15, -0.1) is 11.3 Å². The molecule has 0 unspecified atom stereocenters. The highest BCUT2D eigenvalue weighted by Crippen LogP contribution is 2.36. The Bertz CT molecular complexity index is 571. The van der Waals surface area contributed by atoms with E-state index in [-0.39, 0.29) is 4.88 Å². The maximum Gasteiger partial charge on any atom is 0.347 e. The molecule has 2 rings (SSSR count). The first kappa shape index (κ1) is 12.5. The fraction of sp³-hybridized carbons (Fsp3) is 0.100. The molecule has 0 aromatic carbocycles. The summed E-state index contributed by atoms with van der Waals surface area (Å²) < 4.78 is 1.58. The van der Waals surface area contributed by atoms with Crippen molar-refractivity contribution in [2.75, 3.05) is 0 Å². The van der Waals surface area contributed by atoms with E-state index in [0.717, 1.165) is 9.37 Å². The molecular weight excluding hydrogens is 324 g/mol. The minimum absolute atomic E-state index is 0.290. The van der Waals surface area contributed by atoms with E-state index in [1.807, 2.05) is 6.07 Å². The molecule has 2 aromatic heterocycles. The predicted molar refractivity (Wildman–Crippen MR) is 69.9 cm³/mol. The Labute approximate surface area is 114 Å². The molecule has 0 aliphatic rings. The fourth-order valence-electron chi connectivity index (χ4n) is 1.15. The number of pyridine rings is 1. The van der Waals surface area contributed by atoms with Crippen molar-refractivity contribution in [3.8, 4) is 0 Å². The fourth-order valence-corrected chi connectivity index (χ4v) is 3.62. The van der Waals surface area contributed by atoms with Crippen LogP contribution >= 0.6 is 39.0 Å². The smallest absolute Gasteiger partial charge is 0.347 e. The van der Waals surface area contributed by atoms with E-state index >= 15 is 0 Å². The molecule has 0 bridgehead atoms. The van der Waals surface area contributed by atoms with E-state index < -0.39 is 5.97 Å². The molecule has 2 heterocycles. The van der Waals surface area contributed by atoms with E-state index in [1.54, 1.807) is 19.3 Å². The molecule has 7 heteroatoms. The zero-order valence-electron chi connectivity index (χ0n) is 8.68. The number of rotatable bonds is 3. The summed E-state index contributed by atoms with van der Waals surface area (Å²) in [7, 11) is 0. The van der Waals surface area contributed by atoms with Crippen molar-refractivity contribution in [3.63, 3.8) is 0 Å². The summed E-state index contributed by atoms with van der Waals surface area (Å²) in [5.41, 5.74) is 0.551. The highest BCUT2D eigenvalue weighted by Gasteiger charge is 2.15. The van der Waals surface area contributed by atoms with Gasteiger partial charge in [-0.05, 0) is 28.9 Å². The maximum atomic E-state index is 10.9. The number of halogens is 1. The Kier molecular flexibility index (Phi) is 3.80. The van der Waals surface area contributed by atoms with Crippen molar-refractivity contribution in [2.45, 2.75) is 16.2 Å². The lowest BCUT2D eigenvalue weighted by Crippen LogP contribution is -1.94. The van der Waals surface area contributed by atoms with Gasteiger partial charge in [0, 0.05) is 21.8 Å². The predicted octanol–water partition coefficient (Wildman–Crippen LogP) is 3.46. The highest BCUT2D eigenvalue weighted by atomic mass is 79.9. The molecule has 0 saturated carbocycles. The monoisotopic (exact) mass is 330 g/mol. The van der Waals surface area contributed by atoms with Gasteiger partial charge in [0.25, 0.3) is 0 Å². The number of hydrogen-bond donors (Lipinski definition) is 1. The first-order valence-corrected chi connectivity index (χ1v) is 6.98. The lowest BCUT2D eigenvalue weighted by molar-refractivity contribution is 0.0701. The Morgan fingerprint density at radius 1 is 1.59 bits per heavy atom. The van der Waals surface area contributed by atoms with E-state index in [0.29, 0.717) is 10.0 Å². The number of aromatic nitrogens is 2. The Morgan fingerprint density at radius 2 is 2.35 bits per heavy atom. The van der Waals surface area contributed by atoms with Crippen molar-refractivity contribution < 1.29 is 9.90 Å². The number of carboxylic acids is 1. The number of thiazole rings is 1. The lowest BCUT2D eigenvalue weighted by atomic mass is 10.4. The zero-order valence-corrected chi connectivity index (χ0v) is 11.9. The van der Waals surface area contributed by atoms with Crippen LogP contribution in [0.5, 0.6) is 0 Å². The molecule has 0 atom stereocenters. The van der Waals surface area contributed by atoms with Crippen molar-refractivity contribution in [3.05, 3.63) is 33.5 Å². The van der Waals surface area contributed by atoms with Crippen molar-refractivity contribution in [1.82, 2.24) is 9.97 Å². The Balaban J connectivity index is 2.28. The van der Waals surface area contributed by atoms with Gasteiger partial charge in [-0.2, -0.15) is 0 Å². The third kappa shape index (κ3) is 2.85. The first-order chi connectivity index (χ1) is 8.08. The quantitative estimate of drug-likeness (QED) is 0.933. The standard InChI is InChI=1S/C10H7BrN2O2S2/c1-5-8(9(14)15)17-10(13-5)16-7-2-3-12-4-6(7)11/h2-4H,1H3,(H,14,15). The third-order valence-corrected chi connectivity index (χ3v) is 5.08. The average molecular weight is 331 g/mol. The summed E-state index contributed by atoms with van der Waals surface area (Å²) >= 11 is 5.99. The molecule has 0 fully saturated rings. The van der Waals surface area contributed by atoms with E-state index in [9.17, 15) is 4.79 Å². The van der Waals surface area contributed by atoms with Crippen molar-refractivity contribution >= 4 is 45.0 Å². The maximum absolute atomic E-state index is 10.9. The normalized spacial score (nSPS) is 10.5. The van der Waals surface area contributed by atoms with Gasteiger partial charge in [-0.1, -0.05) is 11.8 Å². The Hall–Kier alpha value is -0.920. The molecule has 17 heavy (non-hydrogen) atoms. The molecule has 0 radical (unpaired) electrons. The summed E-state index contributed by atoms with van der Waals surface area (Å²) in [6, 6.07) is 1.85. The van der Waals surface area contributed by atoms with Gasteiger partial charge in [-0.3, -0.25) is 4.98 Å². The largest absolute Gasteiger partial charge is 0.477 e. The van der Waals surface area contributed by atoms with Gasteiger partial charge < -0.3 is 5.11 Å². The van der Waals surface area contributed by atoms with Crippen LogP contribution in [-0.4, -0.2) is 21.0 Å². The molecule has 88 valence electrons. The van der Waals surface area contributed by atoms with Crippen LogP contribution in [0.15, 0.2) is 32.2 Å². The van der Waals surface area contributed by atoms with Crippen LogP contribution in [0.2, 0.25) is 0 Å². The van der Waals surface area contributed by atoms with E-state index in [4.69, 9.17) is 5.11 Å². The molecule has 4 nitrogen and oxygen atoms in total. The van der Waals surface area contributed by atoms with Crippen LogP contribution in [0.25, 0.3) is 0 Å². The number of carboxylic acid groups (broad SMARTS) is 1. The second-order valence-corrected chi connectivity index (χ2v) is 6.25. The summed E-state index contributed by atoms with van der Waals surface area (Å²) in [5, 5.41) is 8.94. The highest BCUT2D eigenvalue weighted by molar-refractivity contribution is 9.10. The van der Waals surface area contributed by atoms with Gasteiger partial charge in [0.2, 0.25) is 0 Å². The second kappa shape index (κ2) is 5.16. The number of carbonyl (C=O) groups is 1. The number of hydrogen-bond acceptors (Lipinski definition) is 5. The van der Waals surface area contributed by atoms with Gasteiger partial charge >= 0.3 is 5.97 Å². The summed E-state index contributed by atoms with van der Waals surface area (Å²) in [5.74, 6) is -0.930. The van der Waals surface area contributed by atoms with Crippen LogP contribution in [-0.2, 0) is 0 Å². The molecule has 0 spiro atoms. The Morgan fingerprint density at radius 3 is 2.94 bits per heavy atom. The molecule has 0 aliphatic carbocycles. The van der Waals surface area contributed by atoms with Crippen LogP contribution in [0.3, 0.4) is 0 Å². The molecule has 0 amide bonds. The van der Waals surface area contributed by atoms with Gasteiger partial charge in [0.1, 0.15) is 4.88 Å². The SMILES string of the molecule is Cc1nc(Sc2ccncc2Br)sc1C(=O)O. The number of aryl methyl sites for hydroxylation is 1. The van der Waals surface area contributed by atoms with Crippen LogP contribution < -0.4 is 0 Å². The lowest BCUT2D eigenvalue weighted by Gasteiger charge is -1.98. The van der Waals surface area contributed by atoms with Crippen LogP contribution in [0.1, 0.15) is 15.4 Å². The summed E-state index contributed by atoms with van der Waals surface area (Å²) in [4.78, 5) is 20.3. The van der Waals surface area contributed by atoms with Crippen LogP contribution in [0.4, 0.5) is 0 Å². The number of aromatic carboxylic acids is 1. The van der Waals surface area contributed by atoms with E-state index in [1.165, 1.54) is 23.1 Å². The van der Waals surface area contributed by atoms with Gasteiger partial charge in [0.05, 0.1) is 5.69 Å². The molecule has 0 saturated heterocycles. The first-order valence-electron chi connectivity index (χ1n) is 4.56. The molecular formula is C10H7BrN2O2S2.